The van der Waals surface area contributed by atoms with Crippen molar-refractivity contribution in [2.75, 3.05) is 52.4 Å². The summed E-state index contributed by atoms with van der Waals surface area (Å²) in [5, 5.41) is 46.7. The Morgan fingerprint density at radius 2 is 0.986 bits per heavy atom. The lowest BCUT2D eigenvalue weighted by Gasteiger charge is -2.34. The third kappa shape index (κ3) is 11.9. The highest BCUT2D eigenvalue weighted by atomic mass is 16.4. The van der Waals surface area contributed by atoms with Gasteiger partial charge in [-0.15, -0.1) is 30.6 Å². The molecule has 2 fully saturated rings. The quantitative estimate of drug-likeness (QED) is 0.169. The van der Waals surface area contributed by atoms with Gasteiger partial charge in [0.1, 0.15) is 0 Å². The molecule has 19 nitrogen and oxygen atoms in total. The lowest BCUT2D eigenvalue weighted by atomic mass is 10.1. The van der Waals surface area contributed by atoms with Crippen molar-refractivity contribution in [1.29, 1.82) is 0 Å². The Morgan fingerprint density at radius 1 is 0.536 bits per heavy atom. The molecule has 0 unspecified atom stereocenters. The van der Waals surface area contributed by atoms with E-state index in [4.69, 9.17) is 10.2 Å². The number of aryl methyl sites for hydroxylation is 4. The summed E-state index contributed by atoms with van der Waals surface area (Å²) in [7, 11) is 0. The summed E-state index contributed by atoms with van der Waals surface area (Å²) in [6, 6.07) is 28.6. The monoisotopic (exact) mass is 935 g/mol. The highest BCUT2D eigenvalue weighted by Crippen LogP contribution is 2.21. The van der Waals surface area contributed by atoms with Gasteiger partial charge >= 0.3 is 5.97 Å². The lowest BCUT2D eigenvalue weighted by molar-refractivity contribution is -0.137. The Balaban J connectivity index is 0.000000156. The van der Waals surface area contributed by atoms with E-state index >= 15 is 0 Å². The van der Waals surface area contributed by atoms with E-state index in [1.165, 1.54) is 24.2 Å². The maximum Gasteiger partial charge on any atom is 0.303 e. The van der Waals surface area contributed by atoms with E-state index in [1.807, 2.05) is 81.5 Å². The number of benzene rings is 2. The Bertz CT molecular complexity index is 2980. The van der Waals surface area contributed by atoms with Crippen LogP contribution in [0.25, 0.3) is 22.9 Å². The van der Waals surface area contributed by atoms with Gasteiger partial charge in [0, 0.05) is 89.7 Å². The van der Waals surface area contributed by atoms with E-state index < -0.39 is 5.97 Å². The third-order valence-corrected chi connectivity index (χ3v) is 12.7. The molecule has 0 radical (unpaired) electrons. The summed E-state index contributed by atoms with van der Waals surface area (Å²) in [5.74, 6) is 2.19. The third-order valence-electron chi connectivity index (χ3n) is 12.7. The van der Waals surface area contributed by atoms with Crippen molar-refractivity contribution < 1.29 is 14.7 Å². The number of aromatic nitrogens is 12. The molecule has 8 aromatic rings. The van der Waals surface area contributed by atoms with Crippen LogP contribution < -0.4 is 5.32 Å². The second-order valence-corrected chi connectivity index (χ2v) is 17.6. The average Bonchev–Trinajstić information content (AvgIpc) is 4.10. The largest absolute Gasteiger partial charge is 0.481 e. The number of carbonyl (C=O) groups excluding carboxylic acids is 1. The molecule has 0 bridgehead atoms. The highest BCUT2D eigenvalue weighted by Gasteiger charge is 2.23. The van der Waals surface area contributed by atoms with E-state index in [9.17, 15) is 9.59 Å². The molecule has 0 saturated carbocycles. The SMILES string of the molecule is Cc1nn(-c2ccc3nnc(C)n3n2)c(C)c1CCC(=O)N1CCN(Cc2ccccc2)CC1.Cc1nn(-c2ccc3nnc(C)n3n2)c(C)c1CCC(=O)O.c1ccc(CN2CCNCC2)cc1. The van der Waals surface area contributed by atoms with Crippen molar-refractivity contribution >= 4 is 23.2 Å². The van der Waals surface area contributed by atoms with Crippen molar-refractivity contribution in [3.05, 3.63) is 142 Å². The number of rotatable bonds is 12. The van der Waals surface area contributed by atoms with Crippen molar-refractivity contribution in [1.82, 2.24) is 79.2 Å². The molecule has 2 aliphatic rings. The van der Waals surface area contributed by atoms with Gasteiger partial charge in [-0.05, 0) is 101 Å². The number of carbonyl (C=O) groups is 2. The van der Waals surface area contributed by atoms with Gasteiger partial charge in [-0.2, -0.15) is 19.2 Å². The van der Waals surface area contributed by atoms with Crippen molar-refractivity contribution in [2.24, 2.45) is 0 Å². The molecule has 1 amide bonds. The van der Waals surface area contributed by atoms with Crippen LogP contribution in [0.5, 0.6) is 0 Å². The fraction of sp³-hybridized carbons (Fsp3) is 0.400. The molecule has 2 aliphatic heterocycles. The Hall–Kier alpha value is -7.22. The summed E-state index contributed by atoms with van der Waals surface area (Å²) < 4.78 is 6.94. The smallest absolute Gasteiger partial charge is 0.303 e. The Kier molecular flexibility index (Phi) is 15.6. The number of carboxylic acids is 1. The van der Waals surface area contributed by atoms with E-state index in [-0.39, 0.29) is 12.3 Å². The van der Waals surface area contributed by atoms with Gasteiger partial charge in [0.2, 0.25) is 5.91 Å². The minimum atomic E-state index is -0.814. The van der Waals surface area contributed by atoms with Gasteiger partial charge < -0.3 is 15.3 Å². The second kappa shape index (κ2) is 22.3. The number of nitrogens with one attached hydrogen (secondary N) is 1. The van der Waals surface area contributed by atoms with E-state index in [1.54, 1.807) is 13.7 Å². The molecule has 2 N–H and O–H groups in total. The predicted molar refractivity (Wildman–Crippen MR) is 261 cm³/mol. The van der Waals surface area contributed by atoms with Crippen LogP contribution in [0.4, 0.5) is 0 Å². The molecule has 8 heterocycles. The first kappa shape index (κ1) is 48.2. The molecule has 69 heavy (non-hydrogen) atoms. The minimum absolute atomic E-state index is 0.0877. The standard InChI is InChI=1S/C25H30N8O.C14H16N6O2.C11H16N2/c1-18-22(19(2)32(28-18)24-11-10-23-27-26-20(3)33(23)29-24)9-12-25(34)31-15-13-30(14-16-31)17-21-7-5-4-6-8-21;1-8-11(4-7-14(21)22)9(2)19(17-8)13-6-5-12-16-15-10(3)20(12)18-13;1-2-4-11(5-3-1)10-13-8-6-12-7-9-13/h4-8,10-11H,9,12-17H2,1-3H3;5-6H,4,7H2,1-3H3,(H,21,22);1-5,12H,6-10H2. The number of aliphatic carboxylic acids is 1. The van der Waals surface area contributed by atoms with Crippen LogP contribution in [-0.4, -0.2) is 143 Å². The zero-order valence-corrected chi connectivity index (χ0v) is 40.5. The van der Waals surface area contributed by atoms with Crippen LogP contribution >= 0.6 is 0 Å². The second-order valence-electron chi connectivity index (χ2n) is 17.6. The summed E-state index contributed by atoms with van der Waals surface area (Å²) >= 11 is 0. The molecule has 0 atom stereocenters. The highest BCUT2D eigenvalue weighted by molar-refractivity contribution is 5.76. The van der Waals surface area contributed by atoms with Crippen molar-refractivity contribution in [3.63, 3.8) is 0 Å². The Morgan fingerprint density at radius 3 is 1.45 bits per heavy atom. The van der Waals surface area contributed by atoms with Gasteiger partial charge in [-0.25, -0.2) is 9.36 Å². The first-order valence-corrected chi connectivity index (χ1v) is 23.6. The Labute approximate surface area is 401 Å². The maximum atomic E-state index is 12.9. The molecule has 6 aromatic heterocycles. The lowest BCUT2D eigenvalue weighted by Crippen LogP contribution is -2.48. The van der Waals surface area contributed by atoms with Crippen molar-refractivity contribution in [3.8, 4) is 11.6 Å². The maximum absolute atomic E-state index is 12.9. The normalized spacial score (nSPS) is 14.4. The minimum Gasteiger partial charge on any atom is -0.481 e. The summed E-state index contributed by atoms with van der Waals surface area (Å²) in [6.45, 7) is 21.6. The van der Waals surface area contributed by atoms with Crippen LogP contribution in [0.2, 0.25) is 0 Å². The zero-order valence-electron chi connectivity index (χ0n) is 40.5. The summed E-state index contributed by atoms with van der Waals surface area (Å²) in [6.07, 6.45) is 1.71. The average molecular weight is 935 g/mol. The number of piperazine rings is 2. The fourth-order valence-corrected chi connectivity index (χ4v) is 8.85. The van der Waals surface area contributed by atoms with Gasteiger partial charge in [0.15, 0.2) is 34.6 Å². The van der Waals surface area contributed by atoms with Gasteiger partial charge in [-0.3, -0.25) is 19.4 Å². The first-order chi connectivity index (χ1) is 33.4. The fourth-order valence-electron chi connectivity index (χ4n) is 8.85. The van der Waals surface area contributed by atoms with E-state index in [2.05, 4.69) is 105 Å². The van der Waals surface area contributed by atoms with Crippen molar-refractivity contribution in [2.45, 2.75) is 80.3 Å². The van der Waals surface area contributed by atoms with Crippen LogP contribution in [0.1, 0.15) is 69.5 Å². The van der Waals surface area contributed by atoms with Gasteiger partial charge in [0.25, 0.3) is 0 Å². The molecule has 0 aliphatic carbocycles. The molecule has 360 valence electrons. The molecular formula is C50H62N16O3. The summed E-state index contributed by atoms with van der Waals surface area (Å²) in [4.78, 5) is 30.6. The molecule has 2 saturated heterocycles. The number of nitrogens with zero attached hydrogens (tertiary/aromatic N) is 15. The number of hydrogen-bond donors (Lipinski definition) is 2. The topological polar surface area (TPSA) is 198 Å². The molecule has 0 spiro atoms. The number of amides is 1. The molecule has 2 aromatic carbocycles. The van der Waals surface area contributed by atoms with Gasteiger partial charge in [0.05, 0.1) is 11.4 Å². The van der Waals surface area contributed by atoms with Crippen LogP contribution in [0.15, 0.2) is 84.9 Å². The molecular weight excluding hydrogens is 873 g/mol. The van der Waals surface area contributed by atoms with Crippen LogP contribution in [0, 0.1) is 41.5 Å². The predicted octanol–water partition coefficient (Wildman–Crippen LogP) is 4.86. The van der Waals surface area contributed by atoms with Crippen LogP contribution in [0.3, 0.4) is 0 Å². The number of carboxylic acid groups (broad SMARTS) is 1. The molecule has 19 heteroatoms. The van der Waals surface area contributed by atoms with Gasteiger partial charge in [-0.1, -0.05) is 60.7 Å². The summed E-state index contributed by atoms with van der Waals surface area (Å²) in [5.41, 5.74) is 9.84. The number of fused-ring (bicyclic) bond motifs is 2. The number of hydrogen-bond acceptors (Lipinski definition) is 13. The zero-order chi connectivity index (χ0) is 48.4. The van der Waals surface area contributed by atoms with Crippen LogP contribution in [-0.2, 0) is 35.5 Å². The first-order valence-electron chi connectivity index (χ1n) is 23.6. The molecule has 10 rings (SSSR count). The van der Waals surface area contributed by atoms with E-state index in [0.717, 1.165) is 92.1 Å². The van der Waals surface area contributed by atoms with E-state index in [0.29, 0.717) is 48.0 Å².